The zero-order chi connectivity index (χ0) is 15.1. The molecule has 1 rings (SSSR count). The van der Waals surface area contributed by atoms with Gasteiger partial charge in [0.2, 0.25) is 11.8 Å². The van der Waals surface area contributed by atoms with Crippen molar-refractivity contribution >= 4 is 23.2 Å². The fraction of sp³-hybridized carbons (Fsp3) is 0.357. The van der Waals surface area contributed by atoms with Crippen molar-refractivity contribution in [2.24, 2.45) is 5.92 Å². The van der Waals surface area contributed by atoms with Crippen LogP contribution < -0.4 is 15.4 Å². The van der Waals surface area contributed by atoms with Crippen LogP contribution in [0.4, 0.5) is 11.4 Å². The average molecular weight is 275 g/mol. The van der Waals surface area contributed by atoms with Gasteiger partial charge in [0.25, 0.3) is 0 Å². The average Bonchev–Trinajstić information content (AvgIpc) is 2.40. The highest BCUT2D eigenvalue weighted by molar-refractivity contribution is 6.00. The van der Waals surface area contributed by atoms with Gasteiger partial charge in [-0.1, -0.05) is 13.8 Å². The Balaban J connectivity index is 3.01. The normalized spacial score (nSPS) is 9.75. The minimum Gasteiger partial charge on any atom is -0.497 e. The van der Waals surface area contributed by atoms with Crippen molar-refractivity contribution < 1.29 is 14.3 Å². The van der Waals surface area contributed by atoms with Crippen LogP contribution in [0, 0.1) is 17.2 Å². The van der Waals surface area contributed by atoms with Gasteiger partial charge in [0.15, 0.2) is 0 Å². The fourth-order valence-electron chi connectivity index (χ4n) is 1.41. The molecular formula is C14H17N3O3. The van der Waals surface area contributed by atoms with Crippen molar-refractivity contribution in [1.82, 2.24) is 0 Å². The molecule has 0 bridgehead atoms. The number of benzene rings is 1. The van der Waals surface area contributed by atoms with Gasteiger partial charge >= 0.3 is 0 Å². The number of amides is 2. The quantitative estimate of drug-likeness (QED) is 0.861. The summed E-state index contributed by atoms with van der Waals surface area (Å²) < 4.78 is 5.07. The highest BCUT2D eigenvalue weighted by Crippen LogP contribution is 2.27. The Morgan fingerprint density at radius 1 is 1.30 bits per heavy atom. The van der Waals surface area contributed by atoms with Gasteiger partial charge in [0.1, 0.15) is 12.2 Å². The monoisotopic (exact) mass is 275 g/mol. The molecule has 0 radical (unpaired) electrons. The number of hydrogen-bond donors (Lipinski definition) is 2. The third kappa shape index (κ3) is 4.28. The lowest BCUT2D eigenvalue weighted by Gasteiger charge is -2.14. The lowest BCUT2D eigenvalue weighted by Crippen LogP contribution is -2.20. The number of ether oxygens (including phenoxy) is 1. The largest absolute Gasteiger partial charge is 0.497 e. The second-order valence-electron chi connectivity index (χ2n) is 4.44. The predicted octanol–water partition coefficient (Wildman–Crippen LogP) is 2.14. The fourth-order valence-corrected chi connectivity index (χ4v) is 1.41. The first-order chi connectivity index (χ1) is 9.47. The molecule has 0 aliphatic rings. The molecule has 1 aromatic rings. The van der Waals surface area contributed by atoms with Gasteiger partial charge in [-0.2, -0.15) is 5.26 Å². The number of nitrogens with zero attached hydrogens (tertiary/aromatic N) is 1. The van der Waals surface area contributed by atoms with Gasteiger partial charge < -0.3 is 15.4 Å². The van der Waals surface area contributed by atoms with Crippen molar-refractivity contribution in [1.29, 1.82) is 5.26 Å². The Hall–Kier alpha value is -2.55. The van der Waals surface area contributed by atoms with Crippen LogP contribution in [-0.4, -0.2) is 18.9 Å². The molecule has 6 heteroatoms. The van der Waals surface area contributed by atoms with E-state index >= 15 is 0 Å². The van der Waals surface area contributed by atoms with E-state index in [9.17, 15) is 9.59 Å². The summed E-state index contributed by atoms with van der Waals surface area (Å²) in [6, 6.07) is 6.67. The Morgan fingerprint density at radius 3 is 2.55 bits per heavy atom. The third-order valence-corrected chi connectivity index (χ3v) is 2.52. The molecule has 0 saturated carbocycles. The van der Waals surface area contributed by atoms with Crippen LogP contribution in [0.15, 0.2) is 18.2 Å². The molecule has 0 aromatic heterocycles. The number of anilines is 2. The third-order valence-electron chi connectivity index (χ3n) is 2.52. The molecule has 2 N–H and O–H groups in total. The smallest absolute Gasteiger partial charge is 0.238 e. The Labute approximate surface area is 117 Å². The Kier molecular flexibility index (Phi) is 5.54. The molecule has 0 saturated heterocycles. The van der Waals surface area contributed by atoms with Gasteiger partial charge in [-0.05, 0) is 12.1 Å². The zero-order valence-electron chi connectivity index (χ0n) is 11.7. The molecule has 0 atom stereocenters. The first kappa shape index (κ1) is 15.5. The lowest BCUT2D eigenvalue weighted by molar-refractivity contribution is -0.119. The maximum Gasteiger partial charge on any atom is 0.238 e. The second-order valence-corrected chi connectivity index (χ2v) is 4.44. The summed E-state index contributed by atoms with van der Waals surface area (Å²) in [4.78, 5) is 23.2. The molecule has 0 aliphatic carbocycles. The Bertz CT molecular complexity index is 547. The number of nitrogens with one attached hydrogen (secondary N) is 2. The SMILES string of the molecule is COc1ccc(NC(=O)C(C)C)c(NC(=O)CC#N)c1. The summed E-state index contributed by atoms with van der Waals surface area (Å²) in [5.74, 6) is -0.244. The minimum atomic E-state index is -0.444. The number of carbonyl (C=O) groups excluding carboxylic acids is 2. The van der Waals surface area contributed by atoms with E-state index in [1.807, 2.05) is 0 Å². The number of nitriles is 1. The van der Waals surface area contributed by atoms with Crippen LogP contribution in [-0.2, 0) is 9.59 Å². The molecule has 20 heavy (non-hydrogen) atoms. The maximum absolute atomic E-state index is 11.7. The van der Waals surface area contributed by atoms with Crippen molar-refractivity contribution in [3.63, 3.8) is 0 Å². The zero-order valence-corrected chi connectivity index (χ0v) is 11.7. The number of carbonyl (C=O) groups is 2. The first-order valence-electron chi connectivity index (χ1n) is 6.13. The predicted molar refractivity (Wildman–Crippen MR) is 75.3 cm³/mol. The van der Waals surface area contributed by atoms with E-state index in [1.165, 1.54) is 7.11 Å². The molecule has 0 spiro atoms. The van der Waals surface area contributed by atoms with Gasteiger partial charge in [0, 0.05) is 12.0 Å². The summed E-state index contributed by atoms with van der Waals surface area (Å²) in [6.45, 7) is 3.54. The molecule has 0 fully saturated rings. The molecule has 0 unspecified atom stereocenters. The van der Waals surface area contributed by atoms with Crippen molar-refractivity contribution in [3.8, 4) is 11.8 Å². The van der Waals surface area contributed by atoms with E-state index in [4.69, 9.17) is 10.00 Å². The molecule has 1 aromatic carbocycles. The highest BCUT2D eigenvalue weighted by Gasteiger charge is 2.13. The topological polar surface area (TPSA) is 91.2 Å². The summed E-state index contributed by atoms with van der Waals surface area (Å²) >= 11 is 0. The number of hydrogen-bond acceptors (Lipinski definition) is 4. The second kappa shape index (κ2) is 7.14. The van der Waals surface area contributed by atoms with E-state index in [-0.39, 0.29) is 18.2 Å². The van der Waals surface area contributed by atoms with E-state index in [0.717, 1.165) is 0 Å². The standard InChI is InChI=1S/C14H17N3O3/c1-9(2)14(19)17-11-5-4-10(20-3)8-12(11)16-13(18)6-7-15/h4-5,8-9H,6H2,1-3H3,(H,16,18)(H,17,19). The van der Waals surface area contributed by atoms with Crippen molar-refractivity contribution in [3.05, 3.63) is 18.2 Å². The molecule has 0 heterocycles. The highest BCUT2D eigenvalue weighted by atomic mass is 16.5. The summed E-state index contributed by atoms with van der Waals surface area (Å²) in [5.41, 5.74) is 0.870. The molecule has 106 valence electrons. The van der Waals surface area contributed by atoms with Gasteiger partial charge in [-0.3, -0.25) is 9.59 Å². The van der Waals surface area contributed by atoms with Crippen LogP contribution >= 0.6 is 0 Å². The van der Waals surface area contributed by atoms with Crippen LogP contribution in [0.2, 0.25) is 0 Å². The summed E-state index contributed by atoms with van der Waals surface area (Å²) in [6.07, 6.45) is -0.255. The van der Waals surface area contributed by atoms with Crippen molar-refractivity contribution in [2.75, 3.05) is 17.7 Å². The van der Waals surface area contributed by atoms with E-state index < -0.39 is 5.91 Å². The first-order valence-corrected chi connectivity index (χ1v) is 6.13. The molecule has 2 amide bonds. The van der Waals surface area contributed by atoms with Gasteiger partial charge in [0.05, 0.1) is 24.6 Å². The lowest BCUT2D eigenvalue weighted by atomic mass is 10.2. The van der Waals surface area contributed by atoms with Crippen LogP contribution in [0.5, 0.6) is 5.75 Å². The summed E-state index contributed by atoms with van der Waals surface area (Å²) in [5, 5.41) is 13.8. The number of rotatable bonds is 5. The summed E-state index contributed by atoms with van der Waals surface area (Å²) in [7, 11) is 1.50. The van der Waals surface area contributed by atoms with Crippen LogP contribution in [0.3, 0.4) is 0 Å². The van der Waals surface area contributed by atoms with E-state index in [2.05, 4.69) is 10.6 Å². The van der Waals surface area contributed by atoms with Crippen LogP contribution in [0.1, 0.15) is 20.3 Å². The van der Waals surface area contributed by atoms with E-state index in [0.29, 0.717) is 17.1 Å². The van der Waals surface area contributed by atoms with Crippen molar-refractivity contribution in [2.45, 2.75) is 20.3 Å². The minimum absolute atomic E-state index is 0.161. The molecular weight excluding hydrogens is 258 g/mol. The van der Waals surface area contributed by atoms with Gasteiger partial charge in [-0.15, -0.1) is 0 Å². The molecule has 6 nitrogen and oxygen atoms in total. The maximum atomic E-state index is 11.7. The number of methoxy groups -OCH3 is 1. The van der Waals surface area contributed by atoms with E-state index in [1.54, 1.807) is 38.1 Å². The van der Waals surface area contributed by atoms with Crippen LogP contribution in [0.25, 0.3) is 0 Å². The Morgan fingerprint density at radius 2 is 2.00 bits per heavy atom. The van der Waals surface area contributed by atoms with Gasteiger partial charge in [-0.25, -0.2) is 0 Å². The molecule has 0 aliphatic heterocycles.